The van der Waals surface area contributed by atoms with E-state index in [9.17, 15) is 4.21 Å². The molecule has 0 spiro atoms. The molecular formula is C14H15N5O2S. The van der Waals surface area contributed by atoms with Gasteiger partial charge in [-0.05, 0) is 18.9 Å². The maximum Gasteiger partial charge on any atom is 0.218 e. The minimum atomic E-state index is -1.27. The molecule has 0 aliphatic carbocycles. The lowest BCUT2D eigenvalue weighted by molar-refractivity contribution is 0.0904. The van der Waals surface area contributed by atoms with Crippen LogP contribution in [0, 0.1) is 11.3 Å². The highest BCUT2D eigenvalue weighted by atomic mass is 32.2. The first-order chi connectivity index (χ1) is 10.7. The van der Waals surface area contributed by atoms with Gasteiger partial charge in [0.25, 0.3) is 0 Å². The van der Waals surface area contributed by atoms with Gasteiger partial charge in [0.15, 0.2) is 5.82 Å². The molecule has 0 amide bonds. The van der Waals surface area contributed by atoms with Crippen molar-refractivity contribution in [3.63, 3.8) is 0 Å². The second kappa shape index (κ2) is 6.34. The van der Waals surface area contributed by atoms with E-state index in [4.69, 9.17) is 10.00 Å². The molecule has 1 N–H and O–H groups in total. The van der Waals surface area contributed by atoms with Crippen LogP contribution in [0.15, 0.2) is 17.4 Å². The van der Waals surface area contributed by atoms with Gasteiger partial charge in [0.1, 0.15) is 17.3 Å². The molecule has 0 aromatic carbocycles. The van der Waals surface area contributed by atoms with Crippen LogP contribution < -0.4 is 5.32 Å². The number of nitrogens with one attached hydrogen (secondary N) is 1. The number of ether oxygens (including phenoxy) is 1. The fourth-order valence-corrected chi connectivity index (χ4v) is 2.78. The summed E-state index contributed by atoms with van der Waals surface area (Å²) in [6, 6.07) is 3.90. The molecule has 1 saturated heterocycles. The summed E-state index contributed by atoms with van der Waals surface area (Å²) in [7, 11) is -1.27. The van der Waals surface area contributed by atoms with Gasteiger partial charge in [-0.2, -0.15) is 5.26 Å². The van der Waals surface area contributed by atoms with Crippen LogP contribution in [0.1, 0.15) is 18.5 Å². The Balaban J connectivity index is 2.06. The van der Waals surface area contributed by atoms with Crippen LogP contribution in [-0.4, -0.2) is 44.7 Å². The van der Waals surface area contributed by atoms with E-state index in [1.165, 1.54) is 6.26 Å². The Hall–Kier alpha value is -2.11. The molecule has 3 heterocycles. The maximum absolute atomic E-state index is 11.6. The Labute approximate surface area is 130 Å². The normalized spacial score (nSPS) is 17.1. The molecule has 3 rings (SSSR count). The summed E-state index contributed by atoms with van der Waals surface area (Å²) in [4.78, 5) is 12.7. The van der Waals surface area contributed by atoms with Crippen molar-refractivity contribution in [3.8, 4) is 6.07 Å². The Morgan fingerprint density at radius 3 is 2.86 bits per heavy atom. The van der Waals surface area contributed by atoms with Gasteiger partial charge in [0.2, 0.25) is 5.16 Å². The number of aromatic nitrogens is 3. The van der Waals surface area contributed by atoms with Gasteiger partial charge in [-0.15, -0.1) is 0 Å². The van der Waals surface area contributed by atoms with Gasteiger partial charge in [0.05, 0.1) is 10.8 Å². The zero-order valence-electron chi connectivity index (χ0n) is 12.1. The minimum absolute atomic E-state index is 0.226. The number of pyridine rings is 1. The first kappa shape index (κ1) is 14.8. The Morgan fingerprint density at radius 1 is 1.41 bits per heavy atom. The van der Waals surface area contributed by atoms with E-state index < -0.39 is 10.8 Å². The first-order valence-corrected chi connectivity index (χ1v) is 8.49. The van der Waals surface area contributed by atoms with E-state index in [0.717, 1.165) is 12.8 Å². The van der Waals surface area contributed by atoms with E-state index in [1.807, 2.05) is 6.07 Å². The Bertz CT molecular complexity index is 768. The highest BCUT2D eigenvalue weighted by Crippen LogP contribution is 2.23. The quantitative estimate of drug-likeness (QED) is 0.849. The number of nitriles is 1. The lowest BCUT2D eigenvalue weighted by Gasteiger charge is -2.24. The monoisotopic (exact) mass is 317 g/mol. The van der Waals surface area contributed by atoms with Crippen LogP contribution in [0.3, 0.4) is 0 Å². The second-order valence-electron chi connectivity index (χ2n) is 5.04. The second-order valence-corrected chi connectivity index (χ2v) is 6.32. The molecule has 1 aliphatic heterocycles. The molecule has 1 fully saturated rings. The third-order valence-electron chi connectivity index (χ3n) is 3.48. The van der Waals surface area contributed by atoms with Crippen LogP contribution in [0.5, 0.6) is 0 Å². The molecule has 2 aromatic rings. The molecule has 2 aromatic heterocycles. The summed E-state index contributed by atoms with van der Waals surface area (Å²) in [5.74, 6) is 0.537. The molecule has 8 heteroatoms. The van der Waals surface area contributed by atoms with Crippen molar-refractivity contribution in [2.45, 2.75) is 24.0 Å². The maximum atomic E-state index is 11.6. The van der Waals surface area contributed by atoms with E-state index in [-0.39, 0.29) is 11.2 Å². The summed E-state index contributed by atoms with van der Waals surface area (Å²) >= 11 is 0. The topological polar surface area (TPSA) is 101 Å². The van der Waals surface area contributed by atoms with Crippen molar-refractivity contribution in [2.24, 2.45) is 0 Å². The summed E-state index contributed by atoms with van der Waals surface area (Å²) in [5, 5.41) is 13.4. The van der Waals surface area contributed by atoms with Gasteiger partial charge in [0, 0.05) is 37.1 Å². The van der Waals surface area contributed by atoms with E-state index in [0.29, 0.717) is 35.6 Å². The highest BCUT2D eigenvalue weighted by molar-refractivity contribution is 7.84. The molecule has 1 unspecified atom stereocenters. The van der Waals surface area contributed by atoms with Crippen molar-refractivity contribution in [1.29, 1.82) is 5.26 Å². The molecule has 22 heavy (non-hydrogen) atoms. The minimum Gasteiger partial charge on any atom is -0.381 e. The SMILES string of the molecule is CS(=O)c1ncc2cc(C#N)nc(NC3CCOCC3)c2n1. The summed E-state index contributed by atoms with van der Waals surface area (Å²) in [6.07, 6.45) is 4.86. The van der Waals surface area contributed by atoms with Crippen LogP contribution in [-0.2, 0) is 15.5 Å². The fourth-order valence-electron chi connectivity index (χ4n) is 2.35. The predicted octanol–water partition coefficient (Wildman–Crippen LogP) is 1.22. The van der Waals surface area contributed by atoms with E-state index in [1.54, 1.807) is 12.3 Å². The van der Waals surface area contributed by atoms with Crippen molar-refractivity contribution in [3.05, 3.63) is 18.0 Å². The number of fused-ring (bicyclic) bond motifs is 1. The van der Waals surface area contributed by atoms with Crippen LogP contribution >= 0.6 is 0 Å². The van der Waals surface area contributed by atoms with Crippen molar-refractivity contribution in [2.75, 3.05) is 24.8 Å². The summed E-state index contributed by atoms with van der Waals surface area (Å²) in [6.45, 7) is 1.40. The fraction of sp³-hybridized carbons (Fsp3) is 0.429. The third-order valence-corrected chi connectivity index (χ3v) is 4.19. The number of hydrogen-bond acceptors (Lipinski definition) is 7. The summed E-state index contributed by atoms with van der Waals surface area (Å²) < 4.78 is 16.9. The standard InChI is InChI=1S/C14H15N5O2S/c1-22(20)14-16-8-9-6-11(7-15)18-13(12(9)19-14)17-10-2-4-21-5-3-10/h6,8,10H,2-5H2,1H3,(H,17,18). The van der Waals surface area contributed by atoms with Gasteiger partial charge in [-0.25, -0.2) is 15.0 Å². The van der Waals surface area contributed by atoms with Crippen LogP contribution in [0.2, 0.25) is 0 Å². The molecule has 0 radical (unpaired) electrons. The van der Waals surface area contributed by atoms with E-state index in [2.05, 4.69) is 20.3 Å². The molecule has 0 bridgehead atoms. The molecular weight excluding hydrogens is 302 g/mol. The van der Waals surface area contributed by atoms with Crippen LogP contribution in [0.4, 0.5) is 5.82 Å². The van der Waals surface area contributed by atoms with Gasteiger partial charge in [-0.1, -0.05) is 0 Å². The van der Waals surface area contributed by atoms with Crippen molar-refractivity contribution < 1.29 is 8.95 Å². The zero-order valence-corrected chi connectivity index (χ0v) is 12.9. The largest absolute Gasteiger partial charge is 0.381 e. The molecule has 1 atom stereocenters. The Kier molecular flexibility index (Phi) is 4.27. The van der Waals surface area contributed by atoms with Gasteiger partial charge >= 0.3 is 0 Å². The number of rotatable bonds is 3. The van der Waals surface area contributed by atoms with Crippen molar-refractivity contribution in [1.82, 2.24) is 15.0 Å². The predicted molar refractivity (Wildman–Crippen MR) is 81.8 cm³/mol. The molecule has 114 valence electrons. The van der Waals surface area contributed by atoms with E-state index >= 15 is 0 Å². The lowest BCUT2D eigenvalue weighted by atomic mass is 10.1. The number of nitrogens with zero attached hydrogens (tertiary/aromatic N) is 4. The molecule has 0 saturated carbocycles. The Morgan fingerprint density at radius 2 is 2.18 bits per heavy atom. The number of anilines is 1. The van der Waals surface area contributed by atoms with Gasteiger partial charge in [-0.3, -0.25) is 4.21 Å². The lowest BCUT2D eigenvalue weighted by Crippen LogP contribution is -2.28. The number of hydrogen-bond donors (Lipinski definition) is 1. The summed E-state index contributed by atoms with van der Waals surface area (Å²) in [5.41, 5.74) is 0.890. The average molecular weight is 317 g/mol. The third kappa shape index (κ3) is 3.05. The zero-order chi connectivity index (χ0) is 15.5. The van der Waals surface area contributed by atoms with Crippen LogP contribution in [0.25, 0.3) is 10.9 Å². The molecule has 7 nitrogen and oxygen atoms in total. The molecule has 1 aliphatic rings. The van der Waals surface area contributed by atoms with Crippen molar-refractivity contribution >= 4 is 27.5 Å². The first-order valence-electron chi connectivity index (χ1n) is 6.93. The smallest absolute Gasteiger partial charge is 0.218 e. The van der Waals surface area contributed by atoms with Gasteiger partial charge < -0.3 is 10.1 Å². The highest BCUT2D eigenvalue weighted by Gasteiger charge is 2.17. The average Bonchev–Trinajstić information content (AvgIpc) is 2.55.